The Morgan fingerprint density at radius 1 is 1.42 bits per heavy atom. The van der Waals surface area contributed by atoms with Gasteiger partial charge in [0.15, 0.2) is 0 Å². The molecule has 0 aromatic rings. The zero-order valence-electron chi connectivity index (χ0n) is 7.18. The summed E-state index contributed by atoms with van der Waals surface area (Å²) in [5, 5.41) is 4.79. The maximum Gasteiger partial charge on any atom is 0.248 e. The molecule has 0 atom stereocenters. The topological polar surface area (TPSA) is 58.2 Å². The normalized spacial score (nSPS) is 10.3. The maximum atomic E-state index is 10.9. The largest absolute Gasteiger partial charge is 0.355 e. The maximum absolute atomic E-state index is 10.9. The summed E-state index contributed by atoms with van der Waals surface area (Å²) in [4.78, 5) is 21.5. The fourth-order valence-electron chi connectivity index (χ4n) is 0.501. The molecule has 0 aliphatic carbocycles. The summed E-state index contributed by atoms with van der Waals surface area (Å²) in [6, 6.07) is 0. The Morgan fingerprint density at radius 3 is 2.42 bits per heavy atom. The molecule has 0 unspecified atom stereocenters. The molecule has 0 radical (unpaired) electrons. The van der Waals surface area contributed by atoms with Crippen LogP contribution < -0.4 is 10.6 Å². The molecule has 0 bridgehead atoms. The first-order valence-electron chi connectivity index (χ1n) is 3.43. The van der Waals surface area contributed by atoms with Crippen LogP contribution in [0.15, 0.2) is 24.4 Å². The van der Waals surface area contributed by atoms with Crippen molar-refractivity contribution in [3.05, 3.63) is 24.4 Å². The fourth-order valence-corrected chi connectivity index (χ4v) is 0.501. The number of hydrogen-bond acceptors (Lipinski definition) is 2. The van der Waals surface area contributed by atoms with E-state index in [-0.39, 0.29) is 11.8 Å². The lowest BCUT2D eigenvalue weighted by Crippen LogP contribution is -2.22. The fraction of sp³-hybridized carbons (Fsp3) is 0.250. The van der Waals surface area contributed by atoms with Crippen molar-refractivity contribution in [1.29, 1.82) is 0 Å². The number of amides is 2. The second kappa shape index (κ2) is 5.12. The molecule has 0 saturated carbocycles. The standard InChI is InChI=1S/C8H12N2O2/c1-4-7(11)10-5-6(2)8(12)9-3/h4-5H,1H2,2-3H3,(H,9,12)(H,10,11)/b6-5-. The van der Waals surface area contributed by atoms with Gasteiger partial charge in [0, 0.05) is 18.8 Å². The third-order valence-corrected chi connectivity index (χ3v) is 1.20. The Morgan fingerprint density at radius 2 is 2.00 bits per heavy atom. The molecule has 4 nitrogen and oxygen atoms in total. The summed E-state index contributed by atoms with van der Waals surface area (Å²) >= 11 is 0. The zero-order chi connectivity index (χ0) is 9.56. The Bertz CT molecular complexity index is 231. The molecule has 0 spiro atoms. The van der Waals surface area contributed by atoms with E-state index in [4.69, 9.17) is 0 Å². The van der Waals surface area contributed by atoms with Crippen LogP contribution in [0.1, 0.15) is 6.92 Å². The SMILES string of the molecule is C=CC(=O)N/C=C(/C)C(=O)NC. The molecule has 0 aliphatic heterocycles. The number of likely N-dealkylation sites (N-methyl/N-ethyl adjacent to an activating group) is 1. The molecule has 66 valence electrons. The second-order valence-electron chi connectivity index (χ2n) is 2.12. The van der Waals surface area contributed by atoms with Crippen molar-refractivity contribution in [2.75, 3.05) is 7.05 Å². The van der Waals surface area contributed by atoms with Crippen LogP contribution in [-0.2, 0) is 9.59 Å². The molecule has 0 fully saturated rings. The molecule has 0 aliphatic rings. The number of hydrogen-bond donors (Lipinski definition) is 2. The minimum atomic E-state index is -0.335. The van der Waals surface area contributed by atoms with Gasteiger partial charge in [-0.1, -0.05) is 6.58 Å². The van der Waals surface area contributed by atoms with Gasteiger partial charge in [-0.3, -0.25) is 9.59 Å². The summed E-state index contributed by atoms with van der Waals surface area (Å²) in [5.74, 6) is -0.558. The van der Waals surface area contributed by atoms with Crippen molar-refractivity contribution in [2.45, 2.75) is 6.92 Å². The quantitative estimate of drug-likeness (QED) is 0.580. The third-order valence-electron chi connectivity index (χ3n) is 1.20. The monoisotopic (exact) mass is 168 g/mol. The van der Waals surface area contributed by atoms with Crippen molar-refractivity contribution < 1.29 is 9.59 Å². The van der Waals surface area contributed by atoms with Crippen molar-refractivity contribution >= 4 is 11.8 Å². The minimum absolute atomic E-state index is 0.223. The molecule has 0 rings (SSSR count). The lowest BCUT2D eigenvalue weighted by Gasteiger charge is -1.98. The minimum Gasteiger partial charge on any atom is -0.355 e. The van der Waals surface area contributed by atoms with Gasteiger partial charge in [-0.25, -0.2) is 0 Å². The number of nitrogens with one attached hydrogen (secondary N) is 2. The van der Waals surface area contributed by atoms with E-state index in [2.05, 4.69) is 17.2 Å². The molecule has 0 saturated heterocycles. The summed E-state index contributed by atoms with van der Waals surface area (Å²) in [5.41, 5.74) is 0.438. The van der Waals surface area contributed by atoms with Crippen LogP contribution in [0.3, 0.4) is 0 Å². The molecular weight excluding hydrogens is 156 g/mol. The first-order chi connectivity index (χ1) is 5.61. The Labute approximate surface area is 71.3 Å². The van der Waals surface area contributed by atoms with Crippen LogP contribution in [0, 0.1) is 0 Å². The van der Waals surface area contributed by atoms with Crippen LogP contribution in [0.2, 0.25) is 0 Å². The van der Waals surface area contributed by atoms with E-state index in [1.807, 2.05) is 0 Å². The Balaban J connectivity index is 4.09. The smallest absolute Gasteiger partial charge is 0.248 e. The number of carbonyl (C=O) groups is 2. The highest BCUT2D eigenvalue weighted by molar-refractivity contribution is 5.94. The molecule has 0 aromatic carbocycles. The summed E-state index contributed by atoms with van der Waals surface area (Å²) in [6.45, 7) is 4.86. The summed E-state index contributed by atoms with van der Waals surface area (Å²) in [7, 11) is 1.52. The lowest BCUT2D eigenvalue weighted by molar-refractivity contribution is -0.117. The average Bonchev–Trinajstić information content (AvgIpc) is 2.11. The highest BCUT2D eigenvalue weighted by Gasteiger charge is 1.99. The van der Waals surface area contributed by atoms with Gasteiger partial charge in [0.1, 0.15) is 0 Å². The van der Waals surface area contributed by atoms with Crippen molar-refractivity contribution in [1.82, 2.24) is 10.6 Å². The van der Waals surface area contributed by atoms with E-state index in [0.29, 0.717) is 5.57 Å². The van der Waals surface area contributed by atoms with Gasteiger partial charge in [0.05, 0.1) is 0 Å². The van der Waals surface area contributed by atoms with E-state index in [1.165, 1.54) is 13.2 Å². The molecule has 0 aromatic heterocycles. The third kappa shape index (κ3) is 3.55. The van der Waals surface area contributed by atoms with Gasteiger partial charge < -0.3 is 10.6 Å². The van der Waals surface area contributed by atoms with E-state index in [1.54, 1.807) is 6.92 Å². The molecule has 4 heteroatoms. The first kappa shape index (κ1) is 10.4. The van der Waals surface area contributed by atoms with Crippen LogP contribution in [-0.4, -0.2) is 18.9 Å². The second-order valence-corrected chi connectivity index (χ2v) is 2.12. The van der Waals surface area contributed by atoms with E-state index >= 15 is 0 Å². The van der Waals surface area contributed by atoms with Gasteiger partial charge in [-0.15, -0.1) is 0 Å². The molecular formula is C8H12N2O2. The van der Waals surface area contributed by atoms with E-state index in [0.717, 1.165) is 6.08 Å². The van der Waals surface area contributed by atoms with Crippen molar-refractivity contribution in [3.63, 3.8) is 0 Å². The first-order valence-corrected chi connectivity index (χ1v) is 3.43. The predicted molar refractivity (Wildman–Crippen MR) is 46.2 cm³/mol. The van der Waals surface area contributed by atoms with E-state index in [9.17, 15) is 9.59 Å². The number of carbonyl (C=O) groups excluding carboxylic acids is 2. The van der Waals surface area contributed by atoms with Gasteiger partial charge in [0.2, 0.25) is 11.8 Å². The van der Waals surface area contributed by atoms with Crippen LogP contribution in [0.25, 0.3) is 0 Å². The van der Waals surface area contributed by atoms with Crippen LogP contribution >= 0.6 is 0 Å². The summed E-state index contributed by atoms with van der Waals surface area (Å²) in [6.07, 6.45) is 2.47. The molecule has 12 heavy (non-hydrogen) atoms. The van der Waals surface area contributed by atoms with Gasteiger partial charge in [-0.2, -0.15) is 0 Å². The molecule has 2 amide bonds. The van der Waals surface area contributed by atoms with Gasteiger partial charge in [-0.05, 0) is 13.0 Å². The molecule has 0 heterocycles. The van der Waals surface area contributed by atoms with Crippen molar-refractivity contribution in [3.8, 4) is 0 Å². The highest BCUT2D eigenvalue weighted by Crippen LogP contribution is 1.88. The molecule has 2 N–H and O–H groups in total. The van der Waals surface area contributed by atoms with Crippen molar-refractivity contribution in [2.24, 2.45) is 0 Å². The highest BCUT2D eigenvalue weighted by atomic mass is 16.2. The zero-order valence-corrected chi connectivity index (χ0v) is 7.18. The number of rotatable bonds is 3. The Hall–Kier alpha value is -1.58. The van der Waals surface area contributed by atoms with Gasteiger partial charge in [0.25, 0.3) is 0 Å². The lowest BCUT2D eigenvalue weighted by atomic mass is 10.3. The Kier molecular flexibility index (Phi) is 4.45. The van der Waals surface area contributed by atoms with E-state index < -0.39 is 0 Å². The van der Waals surface area contributed by atoms with Crippen LogP contribution in [0.5, 0.6) is 0 Å². The van der Waals surface area contributed by atoms with Gasteiger partial charge >= 0.3 is 0 Å². The summed E-state index contributed by atoms with van der Waals surface area (Å²) < 4.78 is 0. The average molecular weight is 168 g/mol. The van der Waals surface area contributed by atoms with Crippen LogP contribution in [0.4, 0.5) is 0 Å². The predicted octanol–water partition coefficient (Wildman–Crippen LogP) is -0.0616.